The Labute approximate surface area is 126 Å². The standard InChI is InChI=1S/C13H19ClN2O3S/c1-9(2)19-12-10(14)5-4-6-11(12)16-13(17)15-7-8-20(3)18/h4-6,9H,7-8H2,1-3H3,(H2,15,16,17)/t20-/m1/s1. The maximum atomic E-state index is 11.7. The van der Waals surface area contributed by atoms with Crippen LogP contribution in [0.1, 0.15) is 13.8 Å². The van der Waals surface area contributed by atoms with Gasteiger partial charge in [-0.15, -0.1) is 0 Å². The predicted molar refractivity (Wildman–Crippen MR) is 83.2 cm³/mol. The minimum absolute atomic E-state index is 0.0546. The highest BCUT2D eigenvalue weighted by atomic mass is 35.5. The van der Waals surface area contributed by atoms with E-state index in [1.165, 1.54) is 0 Å². The van der Waals surface area contributed by atoms with E-state index in [0.717, 1.165) is 0 Å². The molecule has 0 spiro atoms. The van der Waals surface area contributed by atoms with Gasteiger partial charge in [-0.2, -0.15) is 0 Å². The van der Waals surface area contributed by atoms with Crippen molar-refractivity contribution in [3.8, 4) is 5.75 Å². The summed E-state index contributed by atoms with van der Waals surface area (Å²) in [7, 11) is -0.933. The van der Waals surface area contributed by atoms with Crippen LogP contribution in [0.5, 0.6) is 5.75 Å². The number of ether oxygens (including phenoxy) is 1. The van der Waals surface area contributed by atoms with Gasteiger partial charge in [-0.1, -0.05) is 17.7 Å². The van der Waals surface area contributed by atoms with Crippen molar-refractivity contribution in [3.63, 3.8) is 0 Å². The van der Waals surface area contributed by atoms with E-state index in [4.69, 9.17) is 16.3 Å². The smallest absolute Gasteiger partial charge is 0.319 e. The monoisotopic (exact) mass is 318 g/mol. The van der Waals surface area contributed by atoms with Gasteiger partial charge in [0.2, 0.25) is 0 Å². The number of benzene rings is 1. The molecule has 2 N–H and O–H groups in total. The van der Waals surface area contributed by atoms with E-state index < -0.39 is 10.8 Å². The summed E-state index contributed by atoms with van der Waals surface area (Å²) in [4.78, 5) is 11.7. The van der Waals surface area contributed by atoms with Crippen LogP contribution in [0.15, 0.2) is 18.2 Å². The van der Waals surface area contributed by atoms with Crippen molar-refractivity contribution in [3.05, 3.63) is 23.2 Å². The molecule has 2 amide bonds. The zero-order chi connectivity index (χ0) is 15.1. The van der Waals surface area contributed by atoms with Gasteiger partial charge in [0.25, 0.3) is 0 Å². The molecule has 0 fully saturated rings. The Bertz CT molecular complexity index is 495. The van der Waals surface area contributed by atoms with Crippen LogP contribution in [-0.2, 0) is 10.8 Å². The average Bonchev–Trinajstić information content (AvgIpc) is 2.32. The molecule has 1 atom stereocenters. The number of amides is 2. The molecule has 20 heavy (non-hydrogen) atoms. The maximum Gasteiger partial charge on any atom is 0.319 e. The van der Waals surface area contributed by atoms with Gasteiger partial charge in [0, 0.05) is 29.4 Å². The number of hydrogen-bond acceptors (Lipinski definition) is 3. The molecule has 0 bridgehead atoms. The van der Waals surface area contributed by atoms with Crippen LogP contribution in [0.3, 0.4) is 0 Å². The van der Waals surface area contributed by atoms with E-state index in [1.807, 2.05) is 13.8 Å². The lowest BCUT2D eigenvalue weighted by Crippen LogP contribution is -2.32. The fourth-order valence-electron chi connectivity index (χ4n) is 1.44. The SMILES string of the molecule is CC(C)Oc1c(Cl)cccc1NC(=O)NCC[S@@](C)=O. The topological polar surface area (TPSA) is 67.4 Å². The highest BCUT2D eigenvalue weighted by Crippen LogP contribution is 2.33. The highest BCUT2D eigenvalue weighted by Gasteiger charge is 2.12. The zero-order valence-electron chi connectivity index (χ0n) is 11.7. The van der Waals surface area contributed by atoms with Crippen LogP contribution in [0.4, 0.5) is 10.5 Å². The number of halogens is 1. The lowest BCUT2D eigenvalue weighted by molar-refractivity contribution is 0.242. The molecule has 112 valence electrons. The zero-order valence-corrected chi connectivity index (χ0v) is 13.3. The lowest BCUT2D eigenvalue weighted by Gasteiger charge is -2.16. The van der Waals surface area contributed by atoms with Gasteiger partial charge in [-0.05, 0) is 26.0 Å². The molecule has 0 aliphatic carbocycles. The predicted octanol–water partition coefficient (Wildman–Crippen LogP) is 2.63. The number of para-hydroxylation sites is 1. The van der Waals surface area contributed by atoms with Crippen molar-refractivity contribution in [1.29, 1.82) is 0 Å². The van der Waals surface area contributed by atoms with Gasteiger partial charge in [0.1, 0.15) is 0 Å². The first-order valence-corrected chi connectivity index (χ1v) is 8.30. The Morgan fingerprint density at radius 2 is 2.15 bits per heavy atom. The van der Waals surface area contributed by atoms with Crippen molar-refractivity contribution in [1.82, 2.24) is 5.32 Å². The average molecular weight is 319 g/mol. The first kappa shape index (κ1) is 16.8. The highest BCUT2D eigenvalue weighted by molar-refractivity contribution is 7.84. The molecule has 1 rings (SSSR count). The Kier molecular flexibility index (Phi) is 6.81. The van der Waals surface area contributed by atoms with Crippen LogP contribution in [0.2, 0.25) is 5.02 Å². The first-order valence-electron chi connectivity index (χ1n) is 6.20. The molecular formula is C13H19ClN2O3S. The summed E-state index contributed by atoms with van der Waals surface area (Å²) < 4.78 is 16.5. The van der Waals surface area contributed by atoms with Gasteiger partial charge < -0.3 is 15.4 Å². The van der Waals surface area contributed by atoms with E-state index in [1.54, 1.807) is 24.5 Å². The third kappa shape index (κ3) is 5.79. The minimum atomic E-state index is -0.933. The van der Waals surface area contributed by atoms with Gasteiger partial charge >= 0.3 is 6.03 Å². The quantitative estimate of drug-likeness (QED) is 0.847. The molecule has 0 heterocycles. The number of hydrogen-bond donors (Lipinski definition) is 2. The minimum Gasteiger partial charge on any atom is -0.487 e. The van der Waals surface area contributed by atoms with Gasteiger partial charge in [0.05, 0.1) is 16.8 Å². The maximum absolute atomic E-state index is 11.7. The second kappa shape index (κ2) is 8.11. The number of nitrogens with one attached hydrogen (secondary N) is 2. The van der Waals surface area contributed by atoms with Crippen molar-refractivity contribution < 1.29 is 13.7 Å². The lowest BCUT2D eigenvalue weighted by atomic mass is 10.3. The summed E-state index contributed by atoms with van der Waals surface area (Å²) in [5.41, 5.74) is 0.501. The van der Waals surface area contributed by atoms with Gasteiger partial charge in [-0.25, -0.2) is 4.79 Å². The Balaban J connectivity index is 2.69. The number of carbonyl (C=O) groups is 1. The summed E-state index contributed by atoms with van der Waals surface area (Å²) >= 11 is 6.07. The number of rotatable bonds is 6. The normalized spacial score (nSPS) is 12.1. The second-order valence-electron chi connectivity index (χ2n) is 4.44. The van der Waals surface area contributed by atoms with Crippen LogP contribution in [-0.4, -0.2) is 34.9 Å². The van der Waals surface area contributed by atoms with Gasteiger partial charge in [-0.3, -0.25) is 4.21 Å². The largest absolute Gasteiger partial charge is 0.487 e. The molecular weight excluding hydrogens is 300 g/mol. The number of urea groups is 1. The Morgan fingerprint density at radius 1 is 1.45 bits per heavy atom. The molecule has 0 saturated heterocycles. The molecule has 0 unspecified atom stereocenters. The molecule has 1 aromatic rings. The van der Waals surface area contributed by atoms with Crippen molar-refractivity contribution >= 4 is 34.1 Å². The third-order valence-corrected chi connectivity index (χ3v) is 3.32. The van der Waals surface area contributed by atoms with E-state index in [2.05, 4.69) is 10.6 Å². The van der Waals surface area contributed by atoms with Crippen LogP contribution in [0.25, 0.3) is 0 Å². The van der Waals surface area contributed by atoms with Crippen LogP contribution >= 0.6 is 11.6 Å². The fraction of sp³-hybridized carbons (Fsp3) is 0.462. The fourth-order valence-corrected chi connectivity index (χ4v) is 2.05. The van der Waals surface area contributed by atoms with Gasteiger partial charge in [0.15, 0.2) is 5.75 Å². The summed E-state index contributed by atoms with van der Waals surface area (Å²) in [6.45, 7) is 4.10. The summed E-state index contributed by atoms with van der Waals surface area (Å²) in [6, 6.07) is 4.75. The molecule has 1 aromatic carbocycles. The summed E-state index contributed by atoms with van der Waals surface area (Å²) in [6.07, 6.45) is 1.53. The van der Waals surface area contributed by atoms with E-state index in [9.17, 15) is 9.00 Å². The van der Waals surface area contributed by atoms with E-state index in [-0.39, 0.29) is 12.1 Å². The molecule has 0 aliphatic heterocycles. The number of anilines is 1. The number of carbonyl (C=O) groups excluding carboxylic acids is 1. The molecule has 5 nitrogen and oxygen atoms in total. The van der Waals surface area contributed by atoms with Crippen LogP contribution in [0, 0.1) is 0 Å². The Hall–Kier alpha value is -1.27. The molecule has 0 aromatic heterocycles. The molecule has 0 radical (unpaired) electrons. The van der Waals surface area contributed by atoms with Crippen molar-refractivity contribution in [2.45, 2.75) is 20.0 Å². The molecule has 0 saturated carbocycles. The van der Waals surface area contributed by atoms with E-state index in [0.29, 0.717) is 28.8 Å². The van der Waals surface area contributed by atoms with E-state index >= 15 is 0 Å². The van der Waals surface area contributed by atoms with Crippen LogP contribution < -0.4 is 15.4 Å². The van der Waals surface area contributed by atoms with Crippen molar-refractivity contribution in [2.24, 2.45) is 0 Å². The van der Waals surface area contributed by atoms with Crippen molar-refractivity contribution in [2.75, 3.05) is 23.9 Å². The Morgan fingerprint density at radius 3 is 2.75 bits per heavy atom. The second-order valence-corrected chi connectivity index (χ2v) is 6.40. The summed E-state index contributed by atoms with van der Waals surface area (Å²) in [5, 5.41) is 5.73. The third-order valence-electron chi connectivity index (χ3n) is 2.24. The molecule has 0 aliphatic rings. The summed E-state index contributed by atoms with van der Waals surface area (Å²) in [5.74, 6) is 0.858. The first-order chi connectivity index (χ1) is 9.40. The molecule has 7 heteroatoms.